The van der Waals surface area contributed by atoms with Gasteiger partial charge in [0.2, 0.25) is 10.0 Å². The Kier molecular flexibility index (Phi) is 6.56. The zero-order valence-electron chi connectivity index (χ0n) is 19.3. The Morgan fingerprint density at radius 2 is 1.64 bits per heavy atom. The highest BCUT2D eigenvalue weighted by Crippen LogP contribution is 2.30. The average Bonchev–Trinajstić information content (AvgIpc) is 2.78. The predicted molar refractivity (Wildman–Crippen MR) is 133 cm³/mol. The Morgan fingerprint density at radius 3 is 2.30 bits per heavy atom. The largest absolute Gasteiger partial charge is 0.345 e. The van der Waals surface area contributed by atoms with Gasteiger partial charge in [-0.2, -0.15) is 0 Å². The summed E-state index contributed by atoms with van der Waals surface area (Å²) < 4.78 is 26.6. The first kappa shape index (κ1) is 23.1. The van der Waals surface area contributed by atoms with E-state index in [-0.39, 0.29) is 18.5 Å². The number of para-hydroxylation sites is 1. The maximum absolute atomic E-state index is 12.9. The van der Waals surface area contributed by atoms with Gasteiger partial charge in [0, 0.05) is 5.56 Å². The normalized spacial score (nSPS) is 15.5. The Morgan fingerprint density at radius 1 is 0.970 bits per heavy atom. The minimum absolute atomic E-state index is 0.0203. The number of hydrogen-bond donors (Lipinski definition) is 1. The lowest BCUT2D eigenvalue weighted by Crippen LogP contribution is -2.31. The summed E-state index contributed by atoms with van der Waals surface area (Å²) in [4.78, 5) is 12.9. The second-order valence-corrected chi connectivity index (χ2v) is 10.7. The molecular weight excluding hydrogens is 432 g/mol. The average molecular weight is 463 g/mol. The number of fused-ring (bicyclic) bond motifs is 1. The van der Waals surface area contributed by atoms with Gasteiger partial charge in [0.1, 0.15) is 0 Å². The van der Waals surface area contributed by atoms with E-state index in [0.717, 1.165) is 36.0 Å². The lowest BCUT2D eigenvalue weighted by Gasteiger charge is -2.27. The first-order chi connectivity index (χ1) is 15.7. The number of sulfonamides is 1. The molecule has 0 unspecified atom stereocenters. The van der Waals surface area contributed by atoms with E-state index in [1.807, 2.05) is 56.3 Å². The highest BCUT2D eigenvalue weighted by Gasteiger charge is 2.23. The SMILES string of the molecule is Cc1cccc(C)c1N(Cc1ccc(C(=O)N[C@H]2CCCc3ccccc32)cc1)S(C)(=O)=O. The molecule has 0 saturated heterocycles. The van der Waals surface area contributed by atoms with E-state index in [4.69, 9.17) is 0 Å². The van der Waals surface area contributed by atoms with Crippen LogP contribution in [0.25, 0.3) is 0 Å². The van der Waals surface area contributed by atoms with Crippen molar-refractivity contribution in [2.45, 2.75) is 45.7 Å². The molecule has 0 spiro atoms. The van der Waals surface area contributed by atoms with Crippen LogP contribution in [0.15, 0.2) is 66.7 Å². The van der Waals surface area contributed by atoms with Gasteiger partial charge in [-0.3, -0.25) is 9.10 Å². The van der Waals surface area contributed by atoms with Gasteiger partial charge in [0.05, 0.1) is 24.5 Å². The van der Waals surface area contributed by atoms with Crippen LogP contribution in [0, 0.1) is 13.8 Å². The number of carbonyl (C=O) groups is 1. The highest BCUT2D eigenvalue weighted by atomic mass is 32.2. The first-order valence-electron chi connectivity index (χ1n) is 11.3. The highest BCUT2D eigenvalue weighted by molar-refractivity contribution is 7.92. The summed E-state index contributed by atoms with van der Waals surface area (Å²) in [6.45, 7) is 4.04. The Labute approximate surface area is 196 Å². The zero-order chi connectivity index (χ0) is 23.6. The number of carbonyl (C=O) groups excluding carboxylic acids is 1. The number of nitrogens with one attached hydrogen (secondary N) is 1. The molecule has 4 rings (SSSR count). The van der Waals surface area contributed by atoms with Gasteiger partial charge in [-0.05, 0) is 73.1 Å². The smallest absolute Gasteiger partial charge is 0.251 e. The fourth-order valence-corrected chi connectivity index (χ4v) is 5.64. The standard InChI is InChI=1S/C27H30N2O3S/c1-19-8-6-9-20(2)26(19)29(33(3,31)32)18-21-14-16-23(17-15-21)27(30)28-25-13-7-11-22-10-4-5-12-24(22)25/h4-6,8-10,12,14-17,25H,7,11,13,18H2,1-3H3,(H,28,30)/t25-/m0/s1. The molecule has 5 nitrogen and oxygen atoms in total. The summed E-state index contributed by atoms with van der Waals surface area (Å²) in [5.41, 5.74) is 6.41. The van der Waals surface area contributed by atoms with Crippen LogP contribution in [0.4, 0.5) is 5.69 Å². The van der Waals surface area contributed by atoms with Crippen LogP contribution in [-0.2, 0) is 23.0 Å². The molecule has 0 heterocycles. The maximum Gasteiger partial charge on any atom is 0.251 e. The summed E-state index contributed by atoms with van der Waals surface area (Å²) in [6, 6.07) is 21.2. The van der Waals surface area contributed by atoms with Crippen molar-refractivity contribution in [2.24, 2.45) is 0 Å². The summed E-state index contributed by atoms with van der Waals surface area (Å²) in [7, 11) is -3.48. The molecule has 0 bridgehead atoms. The van der Waals surface area contributed by atoms with Crippen LogP contribution in [0.3, 0.4) is 0 Å². The fraction of sp³-hybridized carbons (Fsp3) is 0.296. The van der Waals surface area contributed by atoms with Gasteiger partial charge in [-0.25, -0.2) is 8.42 Å². The number of aryl methyl sites for hydroxylation is 3. The molecule has 1 aliphatic carbocycles. The van der Waals surface area contributed by atoms with Crippen LogP contribution in [0.1, 0.15) is 57.1 Å². The third-order valence-electron chi connectivity index (χ3n) is 6.31. The quantitative estimate of drug-likeness (QED) is 0.556. The Bertz CT molecular complexity index is 1250. The number of hydrogen-bond acceptors (Lipinski definition) is 3. The molecule has 1 aliphatic rings. The van der Waals surface area contributed by atoms with Gasteiger partial charge in [-0.1, -0.05) is 54.6 Å². The number of benzene rings is 3. The van der Waals surface area contributed by atoms with E-state index in [2.05, 4.69) is 17.4 Å². The van der Waals surface area contributed by atoms with E-state index < -0.39 is 10.0 Å². The minimum atomic E-state index is -3.48. The molecule has 0 radical (unpaired) electrons. The molecule has 6 heteroatoms. The molecule has 33 heavy (non-hydrogen) atoms. The second-order valence-electron chi connectivity index (χ2n) is 8.82. The van der Waals surface area contributed by atoms with Crippen molar-refractivity contribution in [3.8, 4) is 0 Å². The molecule has 1 atom stereocenters. The molecule has 0 saturated carbocycles. The lowest BCUT2D eigenvalue weighted by atomic mass is 9.87. The van der Waals surface area contributed by atoms with Crippen LogP contribution >= 0.6 is 0 Å². The summed E-state index contributed by atoms with van der Waals surface area (Å²) >= 11 is 0. The molecular formula is C27H30N2O3S. The van der Waals surface area contributed by atoms with E-state index in [1.165, 1.54) is 21.7 Å². The monoisotopic (exact) mass is 462 g/mol. The number of nitrogens with zero attached hydrogens (tertiary/aromatic N) is 1. The molecule has 1 N–H and O–H groups in total. The second kappa shape index (κ2) is 9.40. The molecule has 1 amide bonds. The van der Waals surface area contributed by atoms with E-state index in [1.54, 1.807) is 12.1 Å². The third kappa shape index (κ3) is 5.11. The first-order valence-corrected chi connectivity index (χ1v) is 13.1. The van der Waals surface area contributed by atoms with Crippen LogP contribution in [-0.4, -0.2) is 20.6 Å². The summed E-state index contributed by atoms with van der Waals surface area (Å²) in [6.07, 6.45) is 4.26. The maximum atomic E-state index is 12.9. The molecule has 3 aromatic carbocycles. The van der Waals surface area contributed by atoms with Gasteiger partial charge >= 0.3 is 0 Å². The lowest BCUT2D eigenvalue weighted by molar-refractivity contribution is 0.0932. The molecule has 0 aliphatic heterocycles. The van der Waals surface area contributed by atoms with Crippen molar-refractivity contribution in [2.75, 3.05) is 10.6 Å². The van der Waals surface area contributed by atoms with E-state index >= 15 is 0 Å². The molecule has 172 valence electrons. The molecule has 3 aromatic rings. The van der Waals surface area contributed by atoms with Crippen molar-refractivity contribution in [1.82, 2.24) is 5.32 Å². The zero-order valence-corrected chi connectivity index (χ0v) is 20.2. The molecule has 0 aromatic heterocycles. The van der Waals surface area contributed by atoms with Crippen LogP contribution < -0.4 is 9.62 Å². The van der Waals surface area contributed by atoms with Crippen molar-refractivity contribution >= 4 is 21.6 Å². The van der Waals surface area contributed by atoms with Crippen LogP contribution in [0.2, 0.25) is 0 Å². The topological polar surface area (TPSA) is 66.5 Å². The summed E-state index contributed by atoms with van der Waals surface area (Å²) in [5, 5.41) is 3.17. The van der Waals surface area contributed by atoms with Crippen molar-refractivity contribution in [3.63, 3.8) is 0 Å². The Hall–Kier alpha value is -3.12. The van der Waals surface area contributed by atoms with Crippen molar-refractivity contribution < 1.29 is 13.2 Å². The van der Waals surface area contributed by atoms with E-state index in [0.29, 0.717) is 11.3 Å². The number of rotatable bonds is 6. The third-order valence-corrected chi connectivity index (χ3v) is 7.42. The van der Waals surface area contributed by atoms with Crippen molar-refractivity contribution in [1.29, 1.82) is 0 Å². The number of anilines is 1. The fourth-order valence-electron chi connectivity index (χ4n) is 4.63. The van der Waals surface area contributed by atoms with Gasteiger partial charge < -0.3 is 5.32 Å². The van der Waals surface area contributed by atoms with Gasteiger partial charge in [0.15, 0.2) is 0 Å². The summed E-state index contributed by atoms with van der Waals surface area (Å²) in [5.74, 6) is -0.113. The van der Waals surface area contributed by atoms with Gasteiger partial charge in [-0.15, -0.1) is 0 Å². The van der Waals surface area contributed by atoms with Crippen LogP contribution in [0.5, 0.6) is 0 Å². The number of amides is 1. The van der Waals surface area contributed by atoms with E-state index in [9.17, 15) is 13.2 Å². The molecule has 0 fully saturated rings. The Balaban J connectivity index is 1.52. The predicted octanol–water partition coefficient (Wildman–Crippen LogP) is 5.08. The van der Waals surface area contributed by atoms with Crippen molar-refractivity contribution in [3.05, 3.63) is 100 Å². The van der Waals surface area contributed by atoms with Gasteiger partial charge in [0.25, 0.3) is 5.91 Å². The minimum Gasteiger partial charge on any atom is -0.345 e.